The molecule has 1 N–H and O–H groups in total. The van der Waals surface area contributed by atoms with Crippen LogP contribution in [0.15, 0.2) is 18.2 Å². The van der Waals surface area contributed by atoms with Crippen molar-refractivity contribution in [2.75, 3.05) is 40.5 Å². The number of nitrogens with zero attached hydrogens (tertiary/aromatic N) is 1. The molecule has 1 fully saturated rings. The van der Waals surface area contributed by atoms with Gasteiger partial charge in [0.1, 0.15) is 13.2 Å². The van der Waals surface area contributed by atoms with Gasteiger partial charge in [-0.15, -0.1) is 0 Å². The maximum atomic E-state index is 12.4. The van der Waals surface area contributed by atoms with E-state index in [9.17, 15) is 4.79 Å². The standard InChI is InChI=1S/C18H24N2O4/c1-19-14-4-3-7-20(12-14)17(21)6-5-13-10-15(22-2)18-16(11-13)23-8-9-24-18/h5-6,10-11,14,19H,3-4,7-9,12H2,1-2H3. The van der Waals surface area contributed by atoms with Crippen LogP contribution in [0.1, 0.15) is 18.4 Å². The fourth-order valence-corrected chi connectivity index (χ4v) is 3.08. The minimum absolute atomic E-state index is 0.0313. The summed E-state index contributed by atoms with van der Waals surface area (Å²) in [6.45, 7) is 2.59. The van der Waals surface area contributed by atoms with Gasteiger partial charge in [-0.2, -0.15) is 0 Å². The first-order chi connectivity index (χ1) is 11.7. The highest BCUT2D eigenvalue weighted by Crippen LogP contribution is 2.40. The summed E-state index contributed by atoms with van der Waals surface area (Å²) in [7, 11) is 3.54. The van der Waals surface area contributed by atoms with Crippen LogP contribution in [0.5, 0.6) is 17.2 Å². The van der Waals surface area contributed by atoms with E-state index in [-0.39, 0.29) is 5.91 Å². The van der Waals surface area contributed by atoms with E-state index in [2.05, 4.69) is 5.32 Å². The van der Waals surface area contributed by atoms with E-state index in [1.54, 1.807) is 19.3 Å². The number of amides is 1. The number of nitrogens with one attached hydrogen (secondary N) is 1. The van der Waals surface area contributed by atoms with E-state index in [0.717, 1.165) is 31.5 Å². The molecule has 1 saturated heterocycles. The average Bonchev–Trinajstić information content (AvgIpc) is 2.65. The maximum absolute atomic E-state index is 12.4. The lowest BCUT2D eigenvalue weighted by atomic mass is 10.1. The smallest absolute Gasteiger partial charge is 0.246 e. The van der Waals surface area contributed by atoms with Crippen LogP contribution in [-0.4, -0.2) is 57.3 Å². The van der Waals surface area contributed by atoms with Crippen LogP contribution in [-0.2, 0) is 4.79 Å². The number of methoxy groups -OCH3 is 1. The van der Waals surface area contributed by atoms with Gasteiger partial charge in [0.15, 0.2) is 11.5 Å². The number of carbonyl (C=O) groups excluding carboxylic acids is 1. The van der Waals surface area contributed by atoms with Gasteiger partial charge in [-0.3, -0.25) is 4.79 Å². The first-order valence-electron chi connectivity index (χ1n) is 8.33. The summed E-state index contributed by atoms with van der Waals surface area (Å²) in [6.07, 6.45) is 5.56. The summed E-state index contributed by atoms with van der Waals surface area (Å²) in [5, 5.41) is 3.25. The molecule has 1 aromatic carbocycles. The van der Waals surface area contributed by atoms with Crippen LogP contribution in [0.3, 0.4) is 0 Å². The molecular weight excluding hydrogens is 308 g/mol. The minimum Gasteiger partial charge on any atom is -0.493 e. The molecule has 2 heterocycles. The second-order valence-corrected chi connectivity index (χ2v) is 5.99. The number of rotatable bonds is 4. The zero-order valence-electron chi connectivity index (χ0n) is 14.2. The van der Waals surface area contributed by atoms with Crippen molar-refractivity contribution in [3.63, 3.8) is 0 Å². The number of likely N-dealkylation sites (tertiary alicyclic amines) is 1. The van der Waals surface area contributed by atoms with Crippen molar-refractivity contribution in [1.82, 2.24) is 10.2 Å². The van der Waals surface area contributed by atoms with Crippen molar-refractivity contribution in [2.24, 2.45) is 0 Å². The second kappa shape index (κ2) is 7.57. The van der Waals surface area contributed by atoms with Gasteiger partial charge >= 0.3 is 0 Å². The van der Waals surface area contributed by atoms with Gasteiger partial charge in [-0.25, -0.2) is 0 Å². The quantitative estimate of drug-likeness (QED) is 0.850. The number of likely N-dealkylation sites (N-methyl/N-ethyl adjacent to an activating group) is 1. The number of carbonyl (C=O) groups is 1. The highest BCUT2D eigenvalue weighted by Gasteiger charge is 2.21. The molecule has 1 aromatic rings. The van der Waals surface area contributed by atoms with Crippen molar-refractivity contribution >= 4 is 12.0 Å². The van der Waals surface area contributed by atoms with Gasteiger partial charge in [0.2, 0.25) is 11.7 Å². The summed E-state index contributed by atoms with van der Waals surface area (Å²) in [6, 6.07) is 4.10. The number of hydrogen-bond donors (Lipinski definition) is 1. The van der Waals surface area contributed by atoms with E-state index < -0.39 is 0 Å². The lowest BCUT2D eigenvalue weighted by Crippen LogP contribution is -2.46. The van der Waals surface area contributed by atoms with Gasteiger partial charge in [-0.05, 0) is 43.7 Å². The molecule has 3 rings (SSSR count). The number of ether oxygens (including phenoxy) is 3. The summed E-state index contributed by atoms with van der Waals surface area (Å²) in [5.74, 6) is 1.93. The minimum atomic E-state index is 0.0313. The fraction of sp³-hybridized carbons (Fsp3) is 0.500. The summed E-state index contributed by atoms with van der Waals surface area (Å²) in [4.78, 5) is 14.3. The molecule has 2 aliphatic rings. The van der Waals surface area contributed by atoms with E-state index in [1.807, 2.05) is 24.1 Å². The Morgan fingerprint density at radius 3 is 3.00 bits per heavy atom. The Balaban J connectivity index is 1.73. The molecular formula is C18H24N2O4. The van der Waals surface area contributed by atoms with Crippen molar-refractivity contribution in [1.29, 1.82) is 0 Å². The monoisotopic (exact) mass is 332 g/mol. The molecule has 1 unspecified atom stereocenters. The molecule has 0 spiro atoms. The Kier molecular flexibility index (Phi) is 5.25. The van der Waals surface area contributed by atoms with Gasteiger partial charge in [0.05, 0.1) is 7.11 Å². The predicted molar refractivity (Wildman–Crippen MR) is 91.7 cm³/mol. The van der Waals surface area contributed by atoms with Crippen LogP contribution >= 0.6 is 0 Å². The molecule has 6 heteroatoms. The molecule has 2 aliphatic heterocycles. The largest absolute Gasteiger partial charge is 0.493 e. The lowest BCUT2D eigenvalue weighted by Gasteiger charge is -2.31. The van der Waals surface area contributed by atoms with Crippen LogP contribution in [0, 0.1) is 0 Å². The number of benzene rings is 1. The Bertz CT molecular complexity index is 612. The first-order valence-corrected chi connectivity index (χ1v) is 8.33. The van der Waals surface area contributed by atoms with Crippen LogP contribution in [0.2, 0.25) is 0 Å². The van der Waals surface area contributed by atoms with Crippen LogP contribution < -0.4 is 19.5 Å². The summed E-state index contributed by atoms with van der Waals surface area (Å²) >= 11 is 0. The Hall–Kier alpha value is -2.21. The molecule has 0 saturated carbocycles. The molecule has 130 valence electrons. The Labute approximate surface area is 142 Å². The third-order valence-electron chi connectivity index (χ3n) is 4.41. The molecule has 0 bridgehead atoms. The molecule has 1 amide bonds. The van der Waals surface area contributed by atoms with Crippen LogP contribution in [0.25, 0.3) is 6.08 Å². The van der Waals surface area contributed by atoms with Crippen LogP contribution in [0.4, 0.5) is 0 Å². The van der Waals surface area contributed by atoms with E-state index in [0.29, 0.717) is 36.5 Å². The molecule has 0 radical (unpaired) electrons. The number of fused-ring (bicyclic) bond motifs is 1. The third kappa shape index (κ3) is 3.64. The Morgan fingerprint density at radius 2 is 2.21 bits per heavy atom. The average molecular weight is 332 g/mol. The van der Waals surface area contributed by atoms with E-state index >= 15 is 0 Å². The molecule has 24 heavy (non-hydrogen) atoms. The Morgan fingerprint density at radius 1 is 1.38 bits per heavy atom. The fourth-order valence-electron chi connectivity index (χ4n) is 3.08. The summed E-state index contributed by atoms with van der Waals surface area (Å²) < 4.78 is 16.6. The number of hydrogen-bond acceptors (Lipinski definition) is 5. The van der Waals surface area contributed by atoms with E-state index in [4.69, 9.17) is 14.2 Å². The predicted octanol–water partition coefficient (Wildman–Crippen LogP) is 1.69. The molecule has 0 aromatic heterocycles. The van der Waals surface area contributed by atoms with Gasteiger partial charge in [-0.1, -0.05) is 0 Å². The first kappa shape index (κ1) is 16.6. The summed E-state index contributed by atoms with van der Waals surface area (Å²) in [5.41, 5.74) is 0.853. The maximum Gasteiger partial charge on any atom is 0.246 e. The highest BCUT2D eigenvalue weighted by atomic mass is 16.6. The van der Waals surface area contributed by atoms with Crippen molar-refractivity contribution in [3.8, 4) is 17.2 Å². The normalized spacial score (nSPS) is 20.2. The zero-order valence-corrected chi connectivity index (χ0v) is 14.2. The molecule has 0 aliphatic carbocycles. The zero-order chi connectivity index (χ0) is 16.9. The van der Waals surface area contributed by atoms with Gasteiger partial charge in [0.25, 0.3) is 0 Å². The molecule has 1 atom stereocenters. The van der Waals surface area contributed by atoms with Crippen molar-refractivity contribution in [2.45, 2.75) is 18.9 Å². The van der Waals surface area contributed by atoms with Gasteiger partial charge in [0, 0.05) is 25.2 Å². The second-order valence-electron chi connectivity index (χ2n) is 5.99. The number of piperidine rings is 1. The third-order valence-corrected chi connectivity index (χ3v) is 4.41. The van der Waals surface area contributed by atoms with Crippen molar-refractivity contribution in [3.05, 3.63) is 23.8 Å². The SMILES string of the molecule is CNC1CCCN(C(=O)C=Cc2cc(OC)c3c(c2)OCCO3)C1. The lowest BCUT2D eigenvalue weighted by molar-refractivity contribution is -0.127. The van der Waals surface area contributed by atoms with Gasteiger partial charge < -0.3 is 24.4 Å². The van der Waals surface area contributed by atoms with Crippen molar-refractivity contribution < 1.29 is 19.0 Å². The molecule has 6 nitrogen and oxygen atoms in total. The highest BCUT2D eigenvalue weighted by molar-refractivity contribution is 5.92. The van der Waals surface area contributed by atoms with E-state index in [1.165, 1.54) is 0 Å². The topological polar surface area (TPSA) is 60.0 Å².